The average molecular weight is 261 g/mol. The molecule has 3 nitrogen and oxygen atoms in total. The van der Waals surface area contributed by atoms with Gasteiger partial charge in [-0.25, -0.2) is 0 Å². The lowest BCUT2D eigenvalue weighted by Crippen LogP contribution is -2.29. The third-order valence-corrected chi connectivity index (χ3v) is 3.76. The Labute approximate surface area is 115 Å². The van der Waals surface area contributed by atoms with Crippen LogP contribution in [0.15, 0.2) is 24.3 Å². The molecule has 0 aliphatic heterocycles. The van der Waals surface area contributed by atoms with Crippen LogP contribution in [0.1, 0.15) is 43.7 Å². The lowest BCUT2D eigenvalue weighted by Gasteiger charge is -2.13. The maximum atomic E-state index is 12.0. The van der Waals surface area contributed by atoms with Gasteiger partial charge in [-0.15, -0.1) is 0 Å². The van der Waals surface area contributed by atoms with E-state index in [0.29, 0.717) is 19.8 Å². The Kier molecular flexibility index (Phi) is 5.40. The Balaban J connectivity index is 1.89. The van der Waals surface area contributed by atoms with Crippen molar-refractivity contribution in [3.63, 3.8) is 0 Å². The summed E-state index contributed by atoms with van der Waals surface area (Å²) in [6, 6.07) is 8.14. The number of amides is 1. The predicted molar refractivity (Wildman–Crippen MR) is 75.6 cm³/mol. The third kappa shape index (κ3) is 4.06. The minimum absolute atomic E-state index is 0.212. The molecule has 2 rings (SSSR count). The summed E-state index contributed by atoms with van der Waals surface area (Å²) in [5, 5.41) is 3.06. The summed E-state index contributed by atoms with van der Waals surface area (Å²) in [7, 11) is 0. The van der Waals surface area contributed by atoms with Gasteiger partial charge >= 0.3 is 0 Å². The van der Waals surface area contributed by atoms with Crippen LogP contribution in [-0.2, 0) is 22.7 Å². The van der Waals surface area contributed by atoms with Gasteiger partial charge in [-0.1, -0.05) is 37.1 Å². The average Bonchev–Trinajstić information content (AvgIpc) is 2.97. The molecule has 0 radical (unpaired) electrons. The fraction of sp³-hybridized carbons (Fsp3) is 0.562. The molecule has 0 atom stereocenters. The van der Waals surface area contributed by atoms with Crippen LogP contribution in [0.3, 0.4) is 0 Å². The van der Waals surface area contributed by atoms with Crippen LogP contribution in [0.5, 0.6) is 0 Å². The van der Waals surface area contributed by atoms with Crippen LogP contribution in [0.4, 0.5) is 0 Å². The molecule has 1 N–H and O–H groups in total. The van der Waals surface area contributed by atoms with Gasteiger partial charge in [0, 0.05) is 19.1 Å². The van der Waals surface area contributed by atoms with E-state index in [-0.39, 0.29) is 11.8 Å². The van der Waals surface area contributed by atoms with Gasteiger partial charge in [0.05, 0.1) is 6.61 Å². The maximum Gasteiger partial charge on any atom is 0.223 e. The van der Waals surface area contributed by atoms with Gasteiger partial charge < -0.3 is 10.1 Å². The van der Waals surface area contributed by atoms with Gasteiger partial charge in [-0.2, -0.15) is 0 Å². The molecule has 1 fully saturated rings. The fourth-order valence-electron chi connectivity index (χ4n) is 2.60. The SMILES string of the molecule is CCOCc1ccccc1CNC(=O)C1CCCC1. The summed E-state index contributed by atoms with van der Waals surface area (Å²) in [5.74, 6) is 0.447. The predicted octanol–water partition coefficient (Wildman–Crippen LogP) is 3.03. The highest BCUT2D eigenvalue weighted by atomic mass is 16.5. The zero-order valence-corrected chi connectivity index (χ0v) is 11.7. The highest BCUT2D eigenvalue weighted by molar-refractivity contribution is 5.78. The van der Waals surface area contributed by atoms with Gasteiger partial charge in [0.2, 0.25) is 5.91 Å². The first kappa shape index (κ1) is 14.1. The second-order valence-electron chi connectivity index (χ2n) is 5.11. The third-order valence-electron chi connectivity index (χ3n) is 3.76. The summed E-state index contributed by atoms with van der Waals surface area (Å²) in [5.41, 5.74) is 2.32. The second kappa shape index (κ2) is 7.29. The molecular formula is C16H23NO2. The Bertz CT molecular complexity index is 411. The van der Waals surface area contributed by atoms with Crippen molar-refractivity contribution in [2.45, 2.75) is 45.8 Å². The zero-order chi connectivity index (χ0) is 13.5. The molecule has 1 aromatic carbocycles. The van der Waals surface area contributed by atoms with Crippen molar-refractivity contribution in [2.24, 2.45) is 5.92 Å². The summed E-state index contributed by atoms with van der Waals surface area (Å²) >= 11 is 0. The van der Waals surface area contributed by atoms with Crippen LogP contribution in [0, 0.1) is 5.92 Å². The van der Waals surface area contributed by atoms with Crippen LogP contribution >= 0.6 is 0 Å². The Morgan fingerprint density at radius 3 is 2.63 bits per heavy atom. The fourth-order valence-corrected chi connectivity index (χ4v) is 2.60. The summed E-state index contributed by atoms with van der Waals surface area (Å²) in [4.78, 5) is 12.0. The van der Waals surface area contributed by atoms with E-state index < -0.39 is 0 Å². The van der Waals surface area contributed by atoms with Crippen molar-refractivity contribution in [2.75, 3.05) is 6.61 Å². The first-order valence-corrected chi connectivity index (χ1v) is 7.23. The van der Waals surface area contributed by atoms with E-state index in [9.17, 15) is 4.79 Å². The molecule has 1 aliphatic carbocycles. The first-order valence-electron chi connectivity index (χ1n) is 7.23. The lowest BCUT2D eigenvalue weighted by atomic mass is 10.1. The molecule has 3 heteroatoms. The van der Waals surface area contributed by atoms with Crippen molar-refractivity contribution >= 4 is 5.91 Å². The maximum absolute atomic E-state index is 12.0. The van der Waals surface area contributed by atoms with Crippen LogP contribution < -0.4 is 5.32 Å². The molecule has 0 bridgehead atoms. The molecule has 104 valence electrons. The van der Waals surface area contributed by atoms with Gasteiger partial charge in [-0.3, -0.25) is 4.79 Å². The van der Waals surface area contributed by atoms with E-state index >= 15 is 0 Å². The number of carbonyl (C=O) groups excluding carboxylic acids is 1. The Morgan fingerprint density at radius 2 is 1.95 bits per heavy atom. The highest BCUT2D eigenvalue weighted by Crippen LogP contribution is 2.24. The second-order valence-corrected chi connectivity index (χ2v) is 5.11. The molecule has 0 aromatic heterocycles. The van der Waals surface area contributed by atoms with Crippen molar-refractivity contribution in [1.29, 1.82) is 0 Å². The summed E-state index contributed by atoms with van der Waals surface area (Å²) in [6.45, 7) is 3.93. The largest absolute Gasteiger partial charge is 0.377 e. The summed E-state index contributed by atoms with van der Waals surface area (Å²) in [6.07, 6.45) is 4.48. The van der Waals surface area contributed by atoms with E-state index in [2.05, 4.69) is 17.4 Å². The number of carbonyl (C=O) groups is 1. The number of benzene rings is 1. The van der Waals surface area contributed by atoms with Crippen molar-refractivity contribution in [3.05, 3.63) is 35.4 Å². The van der Waals surface area contributed by atoms with E-state index in [1.807, 2.05) is 19.1 Å². The Hall–Kier alpha value is -1.35. The van der Waals surface area contributed by atoms with Gasteiger partial charge in [0.15, 0.2) is 0 Å². The number of ether oxygens (including phenoxy) is 1. The molecule has 1 aliphatic rings. The molecule has 0 heterocycles. The van der Waals surface area contributed by atoms with Gasteiger partial charge in [0.25, 0.3) is 0 Å². The monoisotopic (exact) mass is 261 g/mol. The number of rotatable bonds is 6. The topological polar surface area (TPSA) is 38.3 Å². The molecule has 0 unspecified atom stereocenters. The van der Waals surface area contributed by atoms with Gasteiger partial charge in [0.1, 0.15) is 0 Å². The van der Waals surface area contributed by atoms with Crippen LogP contribution in [-0.4, -0.2) is 12.5 Å². The molecule has 1 amide bonds. The van der Waals surface area contributed by atoms with Crippen molar-refractivity contribution in [3.8, 4) is 0 Å². The molecule has 19 heavy (non-hydrogen) atoms. The van der Waals surface area contributed by atoms with Gasteiger partial charge in [-0.05, 0) is 30.9 Å². The standard InChI is InChI=1S/C16H23NO2/c1-2-19-12-15-10-6-5-9-14(15)11-17-16(18)13-7-3-4-8-13/h5-6,9-10,13H,2-4,7-8,11-12H2,1H3,(H,17,18). The highest BCUT2D eigenvalue weighted by Gasteiger charge is 2.22. The normalized spacial score (nSPS) is 15.6. The quantitative estimate of drug-likeness (QED) is 0.854. The molecule has 1 aromatic rings. The van der Waals surface area contributed by atoms with E-state index in [4.69, 9.17) is 4.74 Å². The smallest absolute Gasteiger partial charge is 0.223 e. The minimum atomic E-state index is 0.212. The number of hydrogen-bond acceptors (Lipinski definition) is 2. The summed E-state index contributed by atoms with van der Waals surface area (Å²) < 4.78 is 5.45. The van der Waals surface area contributed by atoms with Crippen LogP contribution in [0.25, 0.3) is 0 Å². The lowest BCUT2D eigenvalue weighted by molar-refractivity contribution is -0.124. The first-order chi connectivity index (χ1) is 9.31. The number of hydrogen-bond donors (Lipinski definition) is 1. The van der Waals surface area contributed by atoms with E-state index in [1.54, 1.807) is 0 Å². The van der Waals surface area contributed by atoms with E-state index in [1.165, 1.54) is 12.8 Å². The van der Waals surface area contributed by atoms with Crippen molar-refractivity contribution in [1.82, 2.24) is 5.32 Å². The molecule has 0 saturated heterocycles. The van der Waals surface area contributed by atoms with E-state index in [0.717, 1.165) is 24.0 Å². The number of nitrogens with one attached hydrogen (secondary N) is 1. The minimum Gasteiger partial charge on any atom is -0.377 e. The molecular weight excluding hydrogens is 238 g/mol. The zero-order valence-electron chi connectivity index (χ0n) is 11.7. The molecule has 0 spiro atoms. The molecule has 1 saturated carbocycles. The van der Waals surface area contributed by atoms with Crippen LogP contribution in [0.2, 0.25) is 0 Å². The Morgan fingerprint density at radius 1 is 1.26 bits per heavy atom. The van der Waals surface area contributed by atoms with Crippen molar-refractivity contribution < 1.29 is 9.53 Å².